The SMILES string of the molecule is O=C(COC(=O)c1ccc(NC2CC2)nc1)N[C@@H]1CCC[C@H](C(F)(F)F)C1. The van der Waals surface area contributed by atoms with Gasteiger partial charge in [0.05, 0.1) is 11.5 Å². The first-order valence-corrected chi connectivity index (χ1v) is 9.07. The number of nitrogens with one attached hydrogen (secondary N) is 2. The third-order valence-electron chi connectivity index (χ3n) is 4.77. The van der Waals surface area contributed by atoms with Crippen molar-refractivity contribution in [1.29, 1.82) is 0 Å². The van der Waals surface area contributed by atoms with Crippen LogP contribution in [0.15, 0.2) is 18.3 Å². The van der Waals surface area contributed by atoms with E-state index in [1.165, 1.54) is 6.20 Å². The Kier molecular flexibility index (Phi) is 5.86. The number of alkyl halides is 3. The van der Waals surface area contributed by atoms with Crippen LogP contribution in [0.3, 0.4) is 0 Å². The highest BCUT2D eigenvalue weighted by atomic mass is 19.4. The molecule has 1 aromatic rings. The van der Waals surface area contributed by atoms with Crippen molar-refractivity contribution in [2.45, 2.75) is 56.8 Å². The molecule has 1 amide bonds. The van der Waals surface area contributed by atoms with Crippen LogP contribution in [0.25, 0.3) is 0 Å². The number of pyridine rings is 1. The molecule has 0 bridgehead atoms. The fourth-order valence-electron chi connectivity index (χ4n) is 3.14. The second-order valence-electron chi connectivity index (χ2n) is 7.10. The molecule has 2 fully saturated rings. The Morgan fingerprint density at radius 2 is 1.93 bits per heavy atom. The topological polar surface area (TPSA) is 80.3 Å². The Morgan fingerprint density at radius 3 is 2.56 bits per heavy atom. The molecule has 9 heteroatoms. The number of aromatic nitrogens is 1. The monoisotopic (exact) mass is 385 g/mol. The van der Waals surface area contributed by atoms with Gasteiger partial charge in [-0.05, 0) is 44.2 Å². The molecule has 148 valence electrons. The average Bonchev–Trinajstić information content (AvgIpc) is 3.44. The van der Waals surface area contributed by atoms with E-state index < -0.39 is 36.6 Å². The number of nitrogens with zero attached hydrogens (tertiary/aromatic N) is 1. The van der Waals surface area contributed by atoms with Crippen molar-refractivity contribution in [2.24, 2.45) is 5.92 Å². The highest BCUT2D eigenvalue weighted by Crippen LogP contribution is 2.37. The number of rotatable bonds is 6. The number of esters is 1. The van der Waals surface area contributed by atoms with E-state index in [2.05, 4.69) is 15.6 Å². The fourth-order valence-corrected chi connectivity index (χ4v) is 3.14. The van der Waals surface area contributed by atoms with Crippen LogP contribution in [0.1, 0.15) is 48.9 Å². The van der Waals surface area contributed by atoms with Crippen molar-refractivity contribution in [3.05, 3.63) is 23.9 Å². The maximum atomic E-state index is 12.8. The first-order valence-electron chi connectivity index (χ1n) is 9.07. The lowest BCUT2D eigenvalue weighted by Crippen LogP contribution is -2.43. The molecule has 0 aromatic carbocycles. The zero-order valence-corrected chi connectivity index (χ0v) is 14.7. The van der Waals surface area contributed by atoms with Gasteiger partial charge in [0.25, 0.3) is 5.91 Å². The molecule has 0 spiro atoms. The lowest BCUT2D eigenvalue weighted by Gasteiger charge is -2.30. The molecule has 1 heterocycles. The van der Waals surface area contributed by atoms with Gasteiger partial charge in [0.1, 0.15) is 5.82 Å². The molecular weight excluding hydrogens is 363 g/mol. The summed E-state index contributed by atoms with van der Waals surface area (Å²) in [6.07, 6.45) is 0.166. The molecule has 2 aliphatic carbocycles. The van der Waals surface area contributed by atoms with Gasteiger partial charge >= 0.3 is 12.1 Å². The third-order valence-corrected chi connectivity index (χ3v) is 4.77. The van der Waals surface area contributed by atoms with Gasteiger partial charge in [0.15, 0.2) is 6.61 Å². The summed E-state index contributed by atoms with van der Waals surface area (Å²) in [7, 11) is 0. The van der Waals surface area contributed by atoms with Crippen molar-refractivity contribution < 1.29 is 27.5 Å². The van der Waals surface area contributed by atoms with Crippen molar-refractivity contribution in [3.8, 4) is 0 Å². The minimum absolute atomic E-state index is 0.0868. The van der Waals surface area contributed by atoms with Gasteiger partial charge in [-0.3, -0.25) is 4.79 Å². The maximum Gasteiger partial charge on any atom is 0.391 e. The predicted octanol–water partition coefficient (Wildman–Crippen LogP) is 3.05. The number of ether oxygens (including phenoxy) is 1. The summed E-state index contributed by atoms with van der Waals surface area (Å²) in [6.45, 7) is -0.534. The van der Waals surface area contributed by atoms with Crippen LogP contribution in [-0.4, -0.2) is 41.7 Å². The first-order chi connectivity index (χ1) is 12.8. The summed E-state index contributed by atoms with van der Waals surface area (Å²) >= 11 is 0. The molecule has 1 aromatic heterocycles. The number of halogens is 3. The lowest BCUT2D eigenvalue weighted by atomic mass is 9.85. The summed E-state index contributed by atoms with van der Waals surface area (Å²) in [4.78, 5) is 28.0. The number of hydrogen-bond donors (Lipinski definition) is 2. The second kappa shape index (κ2) is 8.14. The molecule has 6 nitrogen and oxygen atoms in total. The zero-order chi connectivity index (χ0) is 19.4. The van der Waals surface area contributed by atoms with Gasteiger partial charge < -0.3 is 15.4 Å². The van der Waals surface area contributed by atoms with Crippen LogP contribution < -0.4 is 10.6 Å². The minimum Gasteiger partial charge on any atom is -0.452 e. The van der Waals surface area contributed by atoms with Gasteiger partial charge in [0.2, 0.25) is 0 Å². The highest BCUT2D eigenvalue weighted by molar-refractivity contribution is 5.91. The van der Waals surface area contributed by atoms with Crippen molar-refractivity contribution in [2.75, 3.05) is 11.9 Å². The number of hydrogen-bond acceptors (Lipinski definition) is 5. The third kappa shape index (κ3) is 5.83. The minimum atomic E-state index is -4.25. The van der Waals surface area contributed by atoms with E-state index >= 15 is 0 Å². The van der Waals surface area contributed by atoms with E-state index in [-0.39, 0.29) is 18.4 Å². The van der Waals surface area contributed by atoms with Crippen LogP contribution in [0.4, 0.5) is 19.0 Å². The van der Waals surface area contributed by atoms with E-state index in [9.17, 15) is 22.8 Å². The standard InChI is InChI=1S/C18H22F3N3O3/c19-18(20,21)12-2-1-3-14(8-12)24-16(25)10-27-17(26)11-4-7-15(22-9-11)23-13-5-6-13/h4,7,9,12-14H,1-3,5-6,8,10H2,(H,22,23)(H,24,25)/t12-,14+/m0/s1. The van der Waals surface area contributed by atoms with E-state index in [1.54, 1.807) is 12.1 Å². The average molecular weight is 385 g/mol. The van der Waals surface area contributed by atoms with Gasteiger partial charge in [-0.1, -0.05) is 6.42 Å². The lowest BCUT2D eigenvalue weighted by molar-refractivity contribution is -0.184. The number of anilines is 1. The Balaban J connectivity index is 1.42. The molecule has 0 aliphatic heterocycles. The smallest absolute Gasteiger partial charge is 0.391 e. The Bertz CT molecular complexity index is 675. The van der Waals surface area contributed by atoms with E-state index in [4.69, 9.17) is 4.74 Å². The number of amides is 1. The molecule has 0 saturated heterocycles. The van der Waals surface area contributed by atoms with Crippen LogP contribution in [0, 0.1) is 5.92 Å². The summed E-state index contributed by atoms with van der Waals surface area (Å²) < 4.78 is 43.3. The van der Waals surface area contributed by atoms with Gasteiger partial charge in [-0.2, -0.15) is 13.2 Å². The molecule has 3 rings (SSSR count). The van der Waals surface area contributed by atoms with Crippen LogP contribution in [0.2, 0.25) is 0 Å². The molecule has 0 radical (unpaired) electrons. The summed E-state index contributed by atoms with van der Waals surface area (Å²) in [5.41, 5.74) is 0.207. The van der Waals surface area contributed by atoms with E-state index in [0.29, 0.717) is 24.7 Å². The highest BCUT2D eigenvalue weighted by Gasteiger charge is 2.42. The molecular formula is C18H22F3N3O3. The Hall–Kier alpha value is -2.32. The van der Waals surface area contributed by atoms with Gasteiger partial charge in [-0.15, -0.1) is 0 Å². The summed E-state index contributed by atoms with van der Waals surface area (Å²) in [5, 5.41) is 5.71. The fraction of sp³-hybridized carbons (Fsp3) is 0.611. The van der Waals surface area contributed by atoms with E-state index in [0.717, 1.165) is 12.8 Å². The van der Waals surface area contributed by atoms with Crippen LogP contribution in [0.5, 0.6) is 0 Å². The molecule has 2 atom stereocenters. The summed E-state index contributed by atoms with van der Waals surface area (Å²) in [5.74, 6) is -2.03. The van der Waals surface area contributed by atoms with Crippen molar-refractivity contribution in [3.63, 3.8) is 0 Å². The van der Waals surface area contributed by atoms with Crippen LogP contribution >= 0.6 is 0 Å². The second-order valence-corrected chi connectivity index (χ2v) is 7.10. The molecule has 2 N–H and O–H groups in total. The Morgan fingerprint density at radius 1 is 1.15 bits per heavy atom. The quantitative estimate of drug-likeness (QED) is 0.736. The van der Waals surface area contributed by atoms with Gasteiger partial charge in [0, 0.05) is 18.3 Å². The molecule has 0 unspecified atom stereocenters. The number of carbonyl (C=O) groups is 2. The normalized spacial score (nSPS) is 22.8. The Labute approximate surface area is 154 Å². The molecule has 27 heavy (non-hydrogen) atoms. The van der Waals surface area contributed by atoms with Crippen molar-refractivity contribution in [1.82, 2.24) is 10.3 Å². The van der Waals surface area contributed by atoms with E-state index in [1.807, 2.05) is 0 Å². The van der Waals surface area contributed by atoms with Crippen LogP contribution in [-0.2, 0) is 9.53 Å². The maximum absolute atomic E-state index is 12.8. The molecule has 2 saturated carbocycles. The first kappa shape index (κ1) is 19.4. The zero-order valence-electron chi connectivity index (χ0n) is 14.7. The van der Waals surface area contributed by atoms with Crippen molar-refractivity contribution >= 4 is 17.7 Å². The molecule has 2 aliphatic rings. The van der Waals surface area contributed by atoms with Gasteiger partial charge in [-0.25, -0.2) is 9.78 Å². The largest absolute Gasteiger partial charge is 0.452 e. The number of carbonyl (C=O) groups excluding carboxylic acids is 2. The predicted molar refractivity (Wildman–Crippen MR) is 91.1 cm³/mol. The summed E-state index contributed by atoms with van der Waals surface area (Å²) in [6, 6.07) is 3.10.